The number of aromatic nitrogens is 3. The summed E-state index contributed by atoms with van der Waals surface area (Å²) in [5.41, 5.74) is 1.45. The van der Waals surface area contributed by atoms with Crippen LogP contribution in [0, 0.1) is 6.92 Å². The fourth-order valence-electron chi connectivity index (χ4n) is 2.62. The Morgan fingerprint density at radius 2 is 2.00 bits per heavy atom. The second-order valence-corrected chi connectivity index (χ2v) is 6.54. The molecular formula is C15H20N4OS. The first-order chi connectivity index (χ1) is 10.2. The number of pyridine rings is 1. The standard InChI is InChI=1S/C15H20N4OS/c1-12-5-6-13-16-14(17-15(20)19(13)11-12)21-10-9-18-7-3-2-4-8-18/h5-6,11H,2-4,7-10H2,1H3. The maximum atomic E-state index is 12.0. The van der Waals surface area contributed by atoms with Crippen LogP contribution in [-0.4, -0.2) is 44.7 Å². The highest BCUT2D eigenvalue weighted by Gasteiger charge is 2.10. The lowest BCUT2D eigenvalue weighted by molar-refractivity contribution is 0.242. The minimum atomic E-state index is -0.246. The van der Waals surface area contributed by atoms with Gasteiger partial charge in [-0.3, -0.25) is 4.40 Å². The van der Waals surface area contributed by atoms with Crippen LogP contribution in [0.15, 0.2) is 28.3 Å². The van der Waals surface area contributed by atoms with Crippen LogP contribution in [0.4, 0.5) is 0 Å². The van der Waals surface area contributed by atoms with Gasteiger partial charge in [-0.1, -0.05) is 24.2 Å². The molecule has 1 aliphatic heterocycles. The molecule has 2 aromatic rings. The highest BCUT2D eigenvalue weighted by Crippen LogP contribution is 2.14. The van der Waals surface area contributed by atoms with Crippen molar-refractivity contribution in [2.45, 2.75) is 31.3 Å². The Balaban J connectivity index is 1.67. The predicted octanol–water partition coefficient (Wildman–Crippen LogP) is 1.98. The Hall–Kier alpha value is -1.40. The molecule has 21 heavy (non-hydrogen) atoms. The molecule has 0 radical (unpaired) electrons. The number of rotatable bonds is 4. The number of thioether (sulfide) groups is 1. The third-order valence-electron chi connectivity index (χ3n) is 3.77. The Kier molecular flexibility index (Phi) is 4.55. The minimum absolute atomic E-state index is 0.246. The van der Waals surface area contributed by atoms with E-state index in [-0.39, 0.29) is 5.69 Å². The van der Waals surface area contributed by atoms with Crippen molar-refractivity contribution in [3.8, 4) is 0 Å². The van der Waals surface area contributed by atoms with Crippen LogP contribution >= 0.6 is 11.8 Å². The molecule has 1 fully saturated rings. The SMILES string of the molecule is Cc1ccc2nc(SCCN3CCCCC3)nc(=O)n2c1. The van der Waals surface area contributed by atoms with Gasteiger partial charge in [-0.2, -0.15) is 4.98 Å². The van der Waals surface area contributed by atoms with Gasteiger partial charge in [0.05, 0.1) is 0 Å². The Bertz CT molecular complexity index is 679. The summed E-state index contributed by atoms with van der Waals surface area (Å²) in [5.74, 6) is 0.932. The molecule has 0 aliphatic carbocycles. The monoisotopic (exact) mass is 304 g/mol. The second-order valence-electron chi connectivity index (χ2n) is 5.47. The maximum absolute atomic E-state index is 12.0. The summed E-state index contributed by atoms with van der Waals surface area (Å²) in [4.78, 5) is 23.0. The van der Waals surface area contributed by atoms with Crippen LogP contribution in [-0.2, 0) is 0 Å². The quantitative estimate of drug-likeness (QED) is 0.808. The molecule has 0 saturated carbocycles. The van der Waals surface area contributed by atoms with E-state index in [0.717, 1.165) is 17.9 Å². The smallest absolute Gasteiger partial charge is 0.303 e. The second kappa shape index (κ2) is 6.58. The van der Waals surface area contributed by atoms with E-state index < -0.39 is 0 Å². The highest BCUT2D eigenvalue weighted by atomic mass is 32.2. The first-order valence-corrected chi connectivity index (χ1v) is 8.43. The lowest BCUT2D eigenvalue weighted by Crippen LogP contribution is -2.31. The lowest BCUT2D eigenvalue weighted by Gasteiger charge is -2.25. The Morgan fingerprint density at radius 1 is 1.19 bits per heavy atom. The molecule has 0 spiro atoms. The number of nitrogens with zero attached hydrogens (tertiary/aromatic N) is 4. The van der Waals surface area contributed by atoms with Crippen LogP contribution < -0.4 is 5.69 Å². The Labute approximate surface area is 128 Å². The van der Waals surface area contributed by atoms with E-state index in [0.29, 0.717) is 10.8 Å². The molecule has 6 heteroatoms. The fraction of sp³-hybridized carbons (Fsp3) is 0.533. The number of hydrogen-bond acceptors (Lipinski definition) is 5. The zero-order valence-electron chi connectivity index (χ0n) is 12.3. The van der Waals surface area contributed by atoms with Crippen LogP contribution in [0.3, 0.4) is 0 Å². The van der Waals surface area contributed by atoms with Gasteiger partial charge in [0.1, 0.15) is 5.65 Å². The number of piperidine rings is 1. The summed E-state index contributed by atoms with van der Waals surface area (Å²) >= 11 is 1.57. The molecule has 0 N–H and O–H groups in total. The summed E-state index contributed by atoms with van der Waals surface area (Å²) < 4.78 is 1.50. The number of likely N-dealkylation sites (tertiary alicyclic amines) is 1. The van der Waals surface area contributed by atoms with Gasteiger partial charge < -0.3 is 4.90 Å². The summed E-state index contributed by atoms with van der Waals surface area (Å²) in [5, 5.41) is 0.584. The van der Waals surface area contributed by atoms with Gasteiger partial charge in [0.15, 0.2) is 5.16 Å². The van der Waals surface area contributed by atoms with Crippen LogP contribution in [0.25, 0.3) is 5.65 Å². The van der Waals surface area contributed by atoms with Crippen molar-refractivity contribution in [1.82, 2.24) is 19.3 Å². The molecule has 0 unspecified atom stereocenters. The van der Waals surface area contributed by atoms with E-state index in [4.69, 9.17) is 0 Å². The van der Waals surface area contributed by atoms with Crippen molar-refractivity contribution in [2.24, 2.45) is 0 Å². The third kappa shape index (κ3) is 3.63. The number of hydrogen-bond donors (Lipinski definition) is 0. The largest absolute Gasteiger partial charge is 0.355 e. The number of aryl methyl sites for hydroxylation is 1. The Morgan fingerprint density at radius 3 is 2.81 bits per heavy atom. The first kappa shape index (κ1) is 14.5. The maximum Gasteiger partial charge on any atom is 0.355 e. The molecule has 1 saturated heterocycles. The van der Waals surface area contributed by atoms with Gasteiger partial charge in [0, 0.05) is 18.5 Å². The predicted molar refractivity (Wildman–Crippen MR) is 85.0 cm³/mol. The molecule has 112 valence electrons. The van der Waals surface area contributed by atoms with E-state index in [1.165, 1.54) is 36.8 Å². The highest BCUT2D eigenvalue weighted by molar-refractivity contribution is 7.99. The molecule has 0 amide bonds. The van der Waals surface area contributed by atoms with Gasteiger partial charge >= 0.3 is 5.69 Å². The topological polar surface area (TPSA) is 50.5 Å². The summed E-state index contributed by atoms with van der Waals surface area (Å²) in [6, 6.07) is 3.83. The summed E-state index contributed by atoms with van der Waals surface area (Å²) in [6.45, 7) is 5.39. The van der Waals surface area contributed by atoms with E-state index in [1.807, 2.05) is 19.1 Å². The van der Waals surface area contributed by atoms with Crippen molar-refractivity contribution in [2.75, 3.05) is 25.4 Å². The van der Waals surface area contributed by atoms with E-state index >= 15 is 0 Å². The van der Waals surface area contributed by atoms with Crippen molar-refractivity contribution in [3.05, 3.63) is 34.4 Å². The molecule has 0 atom stereocenters. The molecule has 2 aromatic heterocycles. The van der Waals surface area contributed by atoms with Gasteiger partial charge in [-0.25, -0.2) is 9.78 Å². The van der Waals surface area contributed by atoms with Crippen molar-refractivity contribution < 1.29 is 0 Å². The van der Waals surface area contributed by atoms with Gasteiger partial charge in [-0.05, 0) is 44.5 Å². The van der Waals surface area contributed by atoms with Crippen molar-refractivity contribution in [3.63, 3.8) is 0 Å². The normalized spacial score (nSPS) is 16.4. The van der Waals surface area contributed by atoms with E-state index in [1.54, 1.807) is 18.0 Å². The molecule has 0 bridgehead atoms. The summed E-state index contributed by atoms with van der Waals surface area (Å²) in [7, 11) is 0. The zero-order valence-corrected chi connectivity index (χ0v) is 13.1. The van der Waals surface area contributed by atoms with Crippen LogP contribution in [0.1, 0.15) is 24.8 Å². The van der Waals surface area contributed by atoms with Gasteiger partial charge in [0.2, 0.25) is 0 Å². The van der Waals surface area contributed by atoms with Gasteiger partial charge in [-0.15, -0.1) is 0 Å². The average molecular weight is 304 g/mol. The van der Waals surface area contributed by atoms with E-state index in [2.05, 4.69) is 14.9 Å². The molecule has 0 aromatic carbocycles. The fourth-order valence-corrected chi connectivity index (χ4v) is 3.45. The van der Waals surface area contributed by atoms with Crippen molar-refractivity contribution >= 4 is 17.4 Å². The van der Waals surface area contributed by atoms with Crippen molar-refractivity contribution in [1.29, 1.82) is 0 Å². The van der Waals surface area contributed by atoms with Crippen LogP contribution in [0.5, 0.6) is 0 Å². The van der Waals surface area contributed by atoms with E-state index in [9.17, 15) is 4.79 Å². The van der Waals surface area contributed by atoms with Gasteiger partial charge in [0.25, 0.3) is 0 Å². The lowest BCUT2D eigenvalue weighted by atomic mass is 10.1. The average Bonchev–Trinajstić information content (AvgIpc) is 2.49. The molecular weight excluding hydrogens is 284 g/mol. The zero-order chi connectivity index (χ0) is 14.7. The van der Waals surface area contributed by atoms with Crippen LogP contribution in [0.2, 0.25) is 0 Å². The first-order valence-electron chi connectivity index (χ1n) is 7.44. The minimum Gasteiger partial charge on any atom is -0.303 e. The third-order valence-corrected chi connectivity index (χ3v) is 4.60. The molecule has 3 heterocycles. The molecule has 3 rings (SSSR count). The molecule has 1 aliphatic rings. The number of fused-ring (bicyclic) bond motifs is 1. The molecule has 5 nitrogen and oxygen atoms in total. The summed E-state index contributed by atoms with van der Waals surface area (Å²) in [6.07, 6.45) is 5.74.